The number of hydrogen-bond donors (Lipinski definition) is 1. The van der Waals surface area contributed by atoms with Gasteiger partial charge in [0.2, 0.25) is 0 Å². The van der Waals surface area contributed by atoms with Crippen molar-refractivity contribution in [2.24, 2.45) is 5.16 Å². The summed E-state index contributed by atoms with van der Waals surface area (Å²) in [6.07, 6.45) is 2.61. The minimum atomic E-state index is 0.381. The minimum absolute atomic E-state index is 0.381. The molecule has 0 amide bonds. The van der Waals surface area contributed by atoms with E-state index in [1.54, 1.807) is 24.3 Å². The summed E-state index contributed by atoms with van der Waals surface area (Å²) in [7, 11) is 0. The molecule has 1 N–H and O–H groups in total. The third kappa shape index (κ3) is 3.39. The van der Waals surface area contributed by atoms with E-state index in [0.717, 1.165) is 11.8 Å². The van der Waals surface area contributed by atoms with Crippen LogP contribution in [0.2, 0.25) is 5.02 Å². The highest BCUT2D eigenvalue weighted by atomic mass is 35.5. The highest BCUT2D eigenvalue weighted by molar-refractivity contribution is 6.30. The fourth-order valence-electron chi connectivity index (χ4n) is 1.70. The van der Waals surface area contributed by atoms with E-state index in [2.05, 4.69) is 10.1 Å². The summed E-state index contributed by atoms with van der Waals surface area (Å²) < 4.78 is 0. The number of carbonyl (C=O) groups is 1. The first-order chi connectivity index (χ1) is 9.22. The van der Waals surface area contributed by atoms with Gasteiger partial charge in [-0.2, -0.15) is 0 Å². The molecule has 0 aliphatic heterocycles. The second-order valence-electron chi connectivity index (χ2n) is 3.95. The highest BCUT2D eigenvalue weighted by Crippen LogP contribution is 2.13. The predicted molar refractivity (Wildman–Crippen MR) is 73.1 cm³/mol. The molecule has 1 aromatic heterocycles. The maximum absolute atomic E-state index is 10.7. The summed E-state index contributed by atoms with van der Waals surface area (Å²) >= 11 is 5.90. The zero-order chi connectivity index (χ0) is 13.7. The molecular weight excluding hydrogens is 264 g/mol. The molecule has 0 saturated heterocycles. The Hall–Kier alpha value is -2.20. The van der Waals surface area contributed by atoms with Gasteiger partial charge >= 0.3 is 0 Å². The summed E-state index contributed by atoms with van der Waals surface area (Å²) in [5.74, 6) is 0. The second kappa shape index (κ2) is 6.11. The van der Waals surface area contributed by atoms with E-state index in [0.29, 0.717) is 28.4 Å². The number of oxime groups is 1. The molecule has 0 bridgehead atoms. The highest BCUT2D eigenvalue weighted by Gasteiger charge is 2.08. The van der Waals surface area contributed by atoms with E-state index < -0.39 is 0 Å². The van der Waals surface area contributed by atoms with Crippen LogP contribution in [0.3, 0.4) is 0 Å². The van der Waals surface area contributed by atoms with Gasteiger partial charge in [0.05, 0.1) is 5.69 Å². The van der Waals surface area contributed by atoms with Gasteiger partial charge in [0.25, 0.3) is 0 Å². The zero-order valence-corrected chi connectivity index (χ0v) is 10.7. The SMILES string of the molecule is O=Cc1ccnc(/C(Cc2cccc(Cl)c2)=N/O)c1. The molecule has 19 heavy (non-hydrogen) atoms. The Morgan fingerprint density at radius 3 is 2.89 bits per heavy atom. The summed E-state index contributed by atoms with van der Waals surface area (Å²) in [5.41, 5.74) is 2.23. The molecule has 0 unspecified atom stereocenters. The van der Waals surface area contributed by atoms with Gasteiger partial charge < -0.3 is 5.21 Å². The Labute approximate surface area is 115 Å². The number of pyridine rings is 1. The average Bonchev–Trinajstić information content (AvgIpc) is 2.45. The van der Waals surface area contributed by atoms with E-state index in [1.807, 2.05) is 12.1 Å². The van der Waals surface area contributed by atoms with E-state index in [4.69, 9.17) is 16.8 Å². The molecular formula is C14H11ClN2O2. The molecule has 2 aromatic rings. The molecule has 0 fully saturated rings. The maximum Gasteiger partial charge on any atom is 0.150 e. The number of halogens is 1. The van der Waals surface area contributed by atoms with Crippen molar-refractivity contribution >= 4 is 23.6 Å². The summed E-state index contributed by atoms with van der Waals surface area (Å²) in [5, 5.41) is 13.0. The van der Waals surface area contributed by atoms with Crippen LogP contribution in [-0.4, -0.2) is 22.2 Å². The van der Waals surface area contributed by atoms with Crippen molar-refractivity contribution in [3.05, 3.63) is 64.4 Å². The monoisotopic (exact) mass is 274 g/mol. The number of hydrogen-bond acceptors (Lipinski definition) is 4. The predicted octanol–water partition coefficient (Wildman–Crippen LogP) is 2.97. The molecule has 1 heterocycles. The lowest BCUT2D eigenvalue weighted by molar-refractivity contribution is 0.112. The standard InChI is InChI=1S/C14H11ClN2O2/c15-12-3-1-2-10(6-12)7-14(17-19)13-8-11(9-18)4-5-16-13/h1-6,8-9,19H,7H2/b17-14+. The van der Waals surface area contributed by atoms with Crippen molar-refractivity contribution in [1.82, 2.24) is 4.98 Å². The van der Waals surface area contributed by atoms with Crippen molar-refractivity contribution < 1.29 is 10.0 Å². The second-order valence-corrected chi connectivity index (χ2v) is 4.38. The fraction of sp³-hybridized carbons (Fsp3) is 0.0714. The molecule has 96 valence electrons. The van der Waals surface area contributed by atoms with Crippen LogP contribution in [0.1, 0.15) is 21.6 Å². The number of rotatable bonds is 4. The zero-order valence-electron chi connectivity index (χ0n) is 9.95. The topological polar surface area (TPSA) is 62.5 Å². The van der Waals surface area contributed by atoms with Gasteiger partial charge in [-0.05, 0) is 29.8 Å². The molecule has 0 radical (unpaired) electrons. The number of aldehydes is 1. The van der Waals surface area contributed by atoms with Crippen LogP contribution >= 0.6 is 11.6 Å². The first-order valence-electron chi connectivity index (χ1n) is 5.60. The van der Waals surface area contributed by atoms with Crippen molar-refractivity contribution in [1.29, 1.82) is 0 Å². The third-order valence-electron chi connectivity index (χ3n) is 2.60. The van der Waals surface area contributed by atoms with Gasteiger partial charge in [-0.15, -0.1) is 0 Å². The quantitative estimate of drug-likeness (QED) is 0.403. The summed E-state index contributed by atoms with van der Waals surface area (Å²) in [6.45, 7) is 0. The maximum atomic E-state index is 10.7. The van der Waals surface area contributed by atoms with Crippen molar-refractivity contribution in [3.63, 3.8) is 0 Å². The fourth-order valence-corrected chi connectivity index (χ4v) is 1.91. The van der Waals surface area contributed by atoms with Gasteiger partial charge in [0, 0.05) is 23.2 Å². The van der Waals surface area contributed by atoms with Crippen molar-refractivity contribution in [2.75, 3.05) is 0 Å². The smallest absolute Gasteiger partial charge is 0.150 e. The first kappa shape index (κ1) is 13.2. The lowest BCUT2D eigenvalue weighted by atomic mass is 10.1. The Bertz CT molecular complexity index is 626. The lowest BCUT2D eigenvalue weighted by Gasteiger charge is -2.05. The van der Waals surface area contributed by atoms with Gasteiger partial charge in [-0.3, -0.25) is 9.78 Å². The van der Waals surface area contributed by atoms with Crippen LogP contribution in [0, 0.1) is 0 Å². The number of benzene rings is 1. The third-order valence-corrected chi connectivity index (χ3v) is 2.83. The molecule has 2 rings (SSSR count). The van der Waals surface area contributed by atoms with Crippen molar-refractivity contribution in [3.8, 4) is 0 Å². The lowest BCUT2D eigenvalue weighted by Crippen LogP contribution is -2.08. The Morgan fingerprint density at radius 1 is 1.37 bits per heavy atom. The van der Waals surface area contributed by atoms with E-state index in [-0.39, 0.29) is 0 Å². The Kier molecular flexibility index (Phi) is 4.26. The Balaban J connectivity index is 2.28. The molecule has 0 spiro atoms. The van der Waals surface area contributed by atoms with Crippen LogP contribution in [0.15, 0.2) is 47.8 Å². The normalized spacial score (nSPS) is 11.3. The van der Waals surface area contributed by atoms with Crippen LogP contribution in [0.4, 0.5) is 0 Å². The minimum Gasteiger partial charge on any atom is -0.411 e. The largest absolute Gasteiger partial charge is 0.411 e. The first-order valence-corrected chi connectivity index (χ1v) is 5.97. The molecule has 0 aliphatic rings. The molecule has 4 nitrogen and oxygen atoms in total. The number of aromatic nitrogens is 1. The van der Waals surface area contributed by atoms with Crippen LogP contribution in [0.25, 0.3) is 0 Å². The molecule has 0 atom stereocenters. The molecule has 0 aliphatic carbocycles. The summed E-state index contributed by atoms with van der Waals surface area (Å²) in [4.78, 5) is 14.8. The molecule has 1 aromatic carbocycles. The molecule has 0 saturated carbocycles. The molecule has 5 heteroatoms. The van der Waals surface area contributed by atoms with E-state index in [1.165, 1.54) is 6.20 Å². The van der Waals surface area contributed by atoms with Gasteiger partial charge in [-0.1, -0.05) is 28.9 Å². The number of nitrogens with zero attached hydrogens (tertiary/aromatic N) is 2. The van der Waals surface area contributed by atoms with Crippen LogP contribution < -0.4 is 0 Å². The van der Waals surface area contributed by atoms with Gasteiger partial charge in [0.1, 0.15) is 12.0 Å². The van der Waals surface area contributed by atoms with E-state index in [9.17, 15) is 4.79 Å². The van der Waals surface area contributed by atoms with Crippen molar-refractivity contribution in [2.45, 2.75) is 6.42 Å². The van der Waals surface area contributed by atoms with Crippen LogP contribution in [0.5, 0.6) is 0 Å². The van der Waals surface area contributed by atoms with Gasteiger partial charge in [-0.25, -0.2) is 0 Å². The van der Waals surface area contributed by atoms with Gasteiger partial charge in [0.15, 0.2) is 0 Å². The number of carbonyl (C=O) groups excluding carboxylic acids is 1. The average molecular weight is 275 g/mol. The Morgan fingerprint density at radius 2 is 2.21 bits per heavy atom. The summed E-state index contributed by atoms with van der Waals surface area (Å²) in [6, 6.07) is 10.4. The van der Waals surface area contributed by atoms with E-state index >= 15 is 0 Å². The van der Waals surface area contributed by atoms with Crippen LogP contribution in [-0.2, 0) is 6.42 Å².